The quantitative estimate of drug-likeness (QED) is 0.947. The lowest BCUT2D eigenvalue weighted by atomic mass is 9.91. The highest BCUT2D eigenvalue weighted by Gasteiger charge is 2.35. The van der Waals surface area contributed by atoms with Crippen LogP contribution < -0.4 is 0 Å². The van der Waals surface area contributed by atoms with Crippen molar-refractivity contribution in [1.29, 1.82) is 0 Å². The van der Waals surface area contributed by atoms with Gasteiger partial charge in [0.15, 0.2) is 11.6 Å². The summed E-state index contributed by atoms with van der Waals surface area (Å²) >= 11 is 1.43. The number of hydrogen-bond acceptors (Lipinski definition) is 4. The first kappa shape index (κ1) is 14.1. The molecular formula is C14H12F2N2O2S. The maximum atomic E-state index is 13.8. The van der Waals surface area contributed by atoms with Crippen molar-refractivity contribution in [3.8, 4) is 0 Å². The summed E-state index contributed by atoms with van der Waals surface area (Å²) < 4.78 is 27.1. The second-order valence-corrected chi connectivity index (χ2v) is 5.59. The van der Waals surface area contributed by atoms with Crippen LogP contribution in [0.5, 0.6) is 0 Å². The van der Waals surface area contributed by atoms with Crippen molar-refractivity contribution in [3.63, 3.8) is 0 Å². The molecule has 21 heavy (non-hydrogen) atoms. The highest BCUT2D eigenvalue weighted by Crippen LogP contribution is 2.33. The van der Waals surface area contributed by atoms with Crippen LogP contribution in [-0.4, -0.2) is 27.5 Å². The Morgan fingerprint density at radius 3 is 2.95 bits per heavy atom. The number of thiazole rings is 1. The number of fused-ring (bicyclic) bond motifs is 1. The minimum absolute atomic E-state index is 0.164. The van der Waals surface area contributed by atoms with Gasteiger partial charge in [-0.2, -0.15) is 0 Å². The third-order valence-corrected chi connectivity index (χ3v) is 4.26. The van der Waals surface area contributed by atoms with E-state index in [-0.39, 0.29) is 12.0 Å². The normalized spacial score (nSPS) is 18.5. The van der Waals surface area contributed by atoms with Crippen LogP contribution in [0.1, 0.15) is 22.9 Å². The average Bonchev–Trinajstić information content (AvgIpc) is 2.95. The number of benzene rings is 1. The smallest absolute Gasteiger partial charge is 0.325 e. The maximum absolute atomic E-state index is 13.8. The lowest BCUT2D eigenvalue weighted by Gasteiger charge is -2.34. The predicted octanol–water partition coefficient (Wildman–Crippen LogP) is 2.61. The highest BCUT2D eigenvalue weighted by atomic mass is 32.1. The van der Waals surface area contributed by atoms with Gasteiger partial charge in [0.2, 0.25) is 0 Å². The van der Waals surface area contributed by atoms with E-state index in [9.17, 15) is 18.7 Å². The molecule has 7 heteroatoms. The molecule has 1 aromatic carbocycles. The Morgan fingerprint density at radius 2 is 2.29 bits per heavy atom. The summed E-state index contributed by atoms with van der Waals surface area (Å²) in [6.07, 6.45) is 0.285. The maximum Gasteiger partial charge on any atom is 0.325 e. The average molecular weight is 310 g/mol. The third-order valence-electron chi connectivity index (χ3n) is 3.62. The topological polar surface area (TPSA) is 53.4 Å². The zero-order chi connectivity index (χ0) is 15.0. The molecule has 4 nitrogen and oxygen atoms in total. The Kier molecular flexibility index (Phi) is 3.69. The van der Waals surface area contributed by atoms with Gasteiger partial charge in [-0.15, -0.1) is 11.3 Å². The van der Waals surface area contributed by atoms with Crippen LogP contribution in [0.4, 0.5) is 8.78 Å². The van der Waals surface area contributed by atoms with Gasteiger partial charge in [-0.1, -0.05) is 6.07 Å². The molecule has 0 radical (unpaired) electrons. The molecule has 0 aliphatic carbocycles. The molecule has 0 amide bonds. The molecular weight excluding hydrogens is 298 g/mol. The number of carboxylic acids is 1. The molecule has 1 aliphatic heterocycles. The zero-order valence-electron chi connectivity index (χ0n) is 10.9. The molecule has 1 unspecified atom stereocenters. The summed E-state index contributed by atoms with van der Waals surface area (Å²) in [5.74, 6) is -2.95. The van der Waals surface area contributed by atoms with Gasteiger partial charge in [0.1, 0.15) is 6.04 Å². The van der Waals surface area contributed by atoms with Crippen molar-refractivity contribution in [1.82, 2.24) is 9.88 Å². The van der Waals surface area contributed by atoms with Crippen LogP contribution in [0.15, 0.2) is 23.0 Å². The molecule has 0 saturated carbocycles. The number of aromatic nitrogens is 1. The summed E-state index contributed by atoms with van der Waals surface area (Å²) in [4.78, 5) is 17.4. The van der Waals surface area contributed by atoms with Gasteiger partial charge in [-0.3, -0.25) is 9.69 Å². The summed E-state index contributed by atoms with van der Waals surface area (Å²) in [6, 6.07) is 1.36. The highest BCUT2D eigenvalue weighted by molar-refractivity contribution is 7.07. The van der Waals surface area contributed by atoms with Gasteiger partial charge in [-0.05, 0) is 23.6 Å². The van der Waals surface area contributed by atoms with E-state index in [0.717, 1.165) is 11.8 Å². The van der Waals surface area contributed by atoms with Gasteiger partial charge < -0.3 is 5.11 Å². The fraction of sp³-hybridized carbons (Fsp3) is 0.286. The number of rotatable bonds is 3. The summed E-state index contributed by atoms with van der Waals surface area (Å²) in [5, 5.41) is 11.3. The van der Waals surface area contributed by atoms with Gasteiger partial charge in [0, 0.05) is 18.5 Å². The van der Waals surface area contributed by atoms with E-state index in [1.807, 2.05) is 5.38 Å². The summed E-state index contributed by atoms with van der Waals surface area (Å²) in [5.41, 5.74) is 2.94. The fourth-order valence-electron chi connectivity index (χ4n) is 2.68. The monoisotopic (exact) mass is 310 g/mol. The Morgan fingerprint density at radius 1 is 1.48 bits per heavy atom. The molecule has 1 atom stereocenters. The Hall–Kier alpha value is -1.86. The van der Waals surface area contributed by atoms with E-state index in [0.29, 0.717) is 18.7 Å². The van der Waals surface area contributed by atoms with Crippen LogP contribution in [0.25, 0.3) is 0 Å². The number of nitrogens with zero attached hydrogens (tertiary/aromatic N) is 2. The second kappa shape index (κ2) is 5.50. The molecule has 0 bridgehead atoms. The Balaban J connectivity index is 1.98. The van der Waals surface area contributed by atoms with Crippen LogP contribution >= 0.6 is 11.3 Å². The van der Waals surface area contributed by atoms with E-state index >= 15 is 0 Å². The minimum atomic E-state index is -1.07. The number of halogens is 2. The van der Waals surface area contributed by atoms with E-state index in [4.69, 9.17) is 0 Å². The second-order valence-electron chi connectivity index (χ2n) is 4.87. The van der Waals surface area contributed by atoms with E-state index < -0.39 is 23.6 Å². The number of aliphatic carboxylic acids is 1. The lowest BCUT2D eigenvalue weighted by Crippen LogP contribution is -2.39. The molecule has 1 aliphatic rings. The van der Waals surface area contributed by atoms with Crippen molar-refractivity contribution in [3.05, 3.63) is 51.5 Å². The van der Waals surface area contributed by atoms with E-state index in [1.165, 1.54) is 17.4 Å². The summed E-state index contributed by atoms with van der Waals surface area (Å²) in [6.45, 7) is 0.723. The van der Waals surface area contributed by atoms with Crippen molar-refractivity contribution >= 4 is 17.3 Å². The molecule has 2 heterocycles. The lowest BCUT2D eigenvalue weighted by molar-refractivity contribution is -0.144. The van der Waals surface area contributed by atoms with Crippen molar-refractivity contribution in [2.45, 2.75) is 19.0 Å². The first-order chi connectivity index (χ1) is 10.1. The van der Waals surface area contributed by atoms with Gasteiger partial charge in [-0.25, -0.2) is 13.8 Å². The Labute approximate surface area is 123 Å². The first-order valence-electron chi connectivity index (χ1n) is 6.38. The molecule has 1 aromatic heterocycles. The number of carbonyl (C=O) groups is 1. The van der Waals surface area contributed by atoms with Crippen molar-refractivity contribution in [2.75, 3.05) is 6.54 Å². The fourth-order valence-corrected chi connectivity index (χ4v) is 3.23. The molecule has 0 saturated heterocycles. The SMILES string of the molecule is O=C(O)C1c2ccc(F)c(F)c2CCN1Cc1cscn1. The van der Waals surface area contributed by atoms with E-state index in [1.54, 1.807) is 10.4 Å². The number of carboxylic acid groups (broad SMARTS) is 1. The molecule has 0 fully saturated rings. The van der Waals surface area contributed by atoms with E-state index in [2.05, 4.69) is 4.98 Å². The number of hydrogen-bond donors (Lipinski definition) is 1. The first-order valence-corrected chi connectivity index (χ1v) is 7.33. The van der Waals surface area contributed by atoms with Gasteiger partial charge in [0.05, 0.1) is 11.2 Å². The van der Waals surface area contributed by atoms with Crippen molar-refractivity contribution < 1.29 is 18.7 Å². The van der Waals surface area contributed by atoms with Crippen molar-refractivity contribution in [2.24, 2.45) is 0 Å². The standard InChI is InChI=1S/C14H12F2N2O2S/c15-11-2-1-10-9(12(11)16)3-4-18(13(10)14(19)20)5-8-6-21-7-17-8/h1-2,6-7,13H,3-5H2,(H,19,20). The largest absolute Gasteiger partial charge is 0.480 e. The van der Waals surface area contributed by atoms with Crippen LogP contribution in [-0.2, 0) is 17.8 Å². The molecule has 2 aromatic rings. The van der Waals surface area contributed by atoms with Gasteiger partial charge in [0.25, 0.3) is 0 Å². The van der Waals surface area contributed by atoms with Crippen LogP contribution in [0.3, 0.4) is 0 Å². The van der Waals surface area contributed by atoms with Crippen LogP contribution in [0.2, 0.25) is 0 Å². The molecule has 0 spiro atoms. The molecule has 1 N–H and O–H groups in total. The Bertz CT molecular complexity index is 676. The minimum Gasteiger partial charge on any atom is -0.480 e. The molecule has 3 rings (SSSR count). The third kappa shape index (κ3) is 2.54. The molecule has 110 valence electrons. The zero-order valence-corrected chi connectivity index (χ0v) is 11.7. The predicted molar refractivity (Wildman–Crippen MR) is 73.0 cm³/mol. The van der Waals surface area contributed by atoms with Crippen LogP contribution in [0, 0.1) is 11.6 Å². The van der Waals surface area contributed by atoms with Gasteiger partial charge >= 0.3 is 5.97 Å². The summed E-state index contributed by atoms with van der Waals surface area (Å²) in [7, 11) is 0.